The molecule has 4 aromatic rings. The van der Waals surface area contributed by atoms with Crippen molar-refractivity contribution in [3.63, 3.8) is 0 Å². The topological polar surface area (TPSA) is 81.4 Å². The van der Waals surface area contributed by atoms with Crippen LogP contribution >= 0.6 is 0 Å². The monoisotopic (exact) mass is 372 g/mol. The van der Waals surface area contributed by atoms with Crippen LogP contribution in [-0.4, -0.2) is 20.6 Å². The Balaban J connectivity index is 1.59. The van der Waals surface area contributed by atoms with Crippen molar-refractivity contribution in [3.05, 3.63) is 101 Å². The second-order valence-electron chi connectivity index (χ2n) is 6.23. The molecule has 6 heteroatoms. The van der Waals surface area contributed by atoms with Gasteiger partial charge < -0.3 is 9.84 Å². The minimum Gasteiger partial charge on any atom is -0.489 e. The van der Waals surface area contributed by atoms with Gasteiger partial charge in [0.15, 0.2) is 0 Å². The summed E-state index contributed by atoms with van der Waals surface area (Å²) in [7, 11) is 0. The summed E-state index contributed by atoms with van der Waals surface area (Å²) in [6.07, 6.45) is 1.50. The number of aromatic carboxylic acids is 1. The molecule has 0 aliphatic carbocycles. The van der Waals surface area contributed by atoms with Crippen molar-refractivity contribution in [1.29, 1.82) is 0 Å². The fraction of sp³-hybridized carbons (Fsp3) is 0.0455. The molecule has 0 saturated heterocycles. The van der Waals surface area contributed by atoms with Crippen LogP contribution in [0.15, 0.2) is 83.9 Å². The van der Waals surface area contributed by atoms with Crippen LogP contribution in [0.5, 0.6) is 5.75 Å². The first-order valence-corrected chi connectivity index (χ1v) is 8.64. The number of carbonyl (C=O) groups is 1. The quantitative estimate of drug-likeness (QED) is 0.578. The zero-order valence-electron chi connectivity index (χ0n) is 14.8. The second kappa shape index (κ2) is 7.36. The van der Waals surface area contributed by atoms with Crippen molar-refractivity contribution in [2.24, 2.45) is 0 Å². The number of benzene rings is 3. The first-order chi connectivity index (χ1) is 13.6. The third kappa shape index (κ3) is 3.48. The fourth-order valence-electron chi connectivity index (χ4n) is 2.92. The molecule has 0 aliphatic heterocycles. The van der Waals surface area contributed by atoms with Crippen molar-refractivity contribution in [3.8, 4) is 11.4 Å². The summed E-state index contributed by atoms with van der Waals surface area (Å²) in [5, 5.41) is 9.56. The molecule has 28 heavy (non-hydrogen) atoms. The number of rotatable bonds is 5. The molecule has 0 aliphatic rings. The van der Waals surface area contributed by atoms with E-state index >= 15 is 0 Å². The molecular formula is C22H16N2O4. The Hall–Kier alpha value is -3.93. The summed E-state index contributed by atoms with van der Waals surface area (Å²) in [6, 6.07) is 21.0. The number of hydrogen-bond donors (Lipinski definition) is 1. The highest BCUT2D eigenvalue weighted by atomic mass is 16.5. The number of ether oxygens (including phenoxy) is 1. The van der Waals surface area contributed by atoms with Gasteiger partial charge in [-0.25, -0.2) is 9.78 Å². The van der Waals surface area contributed by atoms with E-state index in [0.717, 1.165) is 11.3 Å². The first kappa shape index (κ1) is 17.5. The summed E-state index contributed by atoms with van der Waals surface area (Å²) in [5.41, 5.74) is 2.08. The second-order valence-corrected chi connectivity index (χ2v) is 6.23. The van der Waals surface area contributed by atoms with Crippen LogP contribution in [0.2, 0.25) is 0 Å². The molecule has 0 atom stereocenters. The minimum absolute atomic E-state index is 0.156. The van der Waals surface area contributed by atoms with E-state index in [2.05, 4.69) is 4.98 Å². The molecule has 0 saturated carbocycles. The van der Waals surface area contributed by atoms with Crippen LogP contribution in [0, 0.1) is 0 Å². The van der Waals surface area contributed by atoms with Crippen molar-refractivity contribution in [1.82, 2.24) is 9.55 Å². The van der Waals surface area contributed by atoms with Crippen LogP contribution in [0.25, 0.3) is 16.6 Å². The van der Waals surface area contributed by atoms with Gasteiger partial charge in [-0.2, -0.15) is 0 Å². The lowest BCUT2D eigenvalue weighted by Gasteiger charge is -2.09. The van der Waals surface area contributed by atoms with Gasteiger partial charge in [-0.05, 0) is 42.0 Å². The van der Waals surface area contributed by atoms with E-state index in [1.54, 1.807) is 36.4 Å². The Labute approximate surface area is 160 Å². The van der Waals surface area contributed by atoms with E-state index in [1.165, 1.54) is 17.0 Å². The summed E-state index contributed by atoms with van der Waals surface area (Å²) in [5.74, 6) is -0.427. The highest BCUT2D eigenvalue weighted by Crippen LogP contribution is 2.19. The molecule has 1 N–H and O–H groups in total. The molecule has 0 fully saturated rings. The first-order valence-electron chi connectivity index (χ1n) is 8.64. The van der Waals surface area contributed by atoms with E-state index in [9.17, 15) is 9.59 Å². The van der Waals surface area contributed by atoms with Gasteiger partial charge in [0, 0.05) is 6.07 Å². The largest absolute Gasteiger partial charge is 0.489 e. The number of aromatic nitrogens is 2. The van der Waals surface area contributed by atoms with Crippen molar-refractivity contribution in [2.45, 2.75) is 6.61 Å². The van der Waals surface area contributed by atoms with E-state index in [0.29, 0.717) is 16.7 Å². The van der Waals surface area contributed by atoms with Crippen LogP contribution < -0.4 is 10.3 Å². The zero-order valence-corrected chi connectivity index (χ0v) is 14.8. The third-order valence-electron chi connectivity index (χ3n) is 4.34. The number of para-hydroxylation sites is 1. The van der Waals surface area contributed by atoms with Crippen molar-refractivity contribution in [2.75, 3.05) is 0 Å². The third-order valence-corrected chi connectivity index (χ3v) is 4.34. The molecule has 0 amide bonds. The molecular weight excluding hydrogens is 356 g/mol. The lowest BCUT2D eigenvalue weighted by Crippen LogP contribution is -2.18. The highest BCUT2D eigenvalue weighted by molar-refractivity contribution is 5.87. The summed E-state index contributed by atoms with van der Waals surface area (Å²) in [4.78, 5) is 28.2. The zero-order chi connectivity index (χ0) is 19.5. The molecule has 0 bridgehead atoms. The number of hydrogen-bond acceptors (Lipinski definition) is 4. The maximum Gasteiger partial charge on any atom is 0.335 e. The maximum absolute atomic E-state index is 12.7. The molecule has 1 heterocycles. The van der Waals surface area contributed by atoms with Crippen molar-refractivity contribution >= 4 is 16.9 Å². The predicted octanol–water partition coefficient (Wildman–Crippen LogP) is 3.66. The van der Waals surface area contributed by atoms with E-state index in [-0.39, 0.29) is 17.7 Å². The lowest BCUT2D eigenvalue weighted by atomic mass is 10.1. The van der Waals surface area contributed by atoms with Gasteiger partial charge in [0.05, 0.1) is 22.2 Å². The molecule has 0 unspecified atom stereocenters. The van der Waals surface area contributed by atoms with E-state index in [1.807, 2.05) is 30.3 Å². The number of carboxylic acids is 1. The normalized spacial score (nSPS) is 10.7. The van der Waals surface area contributed by atoms with E-state index in [4.69, 9.17) is 9.84 Å². The van der Waals surface area contributed by atoms with Crippen LogP contribution in [0.4, 0.5) is 0 Å². The van der Waals surface area contributed by atoms with Gasteiger partial charge in [-0.3, -0.25) is 9.36 Å². The molecule has 6 nitrogen and oxygen atoms in total. The molecule has 0 spiro atoms. The van der Waals surface area contributed by atoms with Crippen LogP contribution in [-0.2, 0) is 6.61 Å². The molecule has 1 aromatic heterocycles. The molecule has 4 rings (SSSR count). The van der Waals surface area contributed by atoms with Gasteiger partial charge in [0.25, 0.3) is 5.56 Å². The Bertz CT molecular complexity index is 1220. The number of carboxylic acid groups (broad SMARTS) is 1. The summed E-state index contributed by atoms with van der Waals surface area (Å²) >= 11 is 0. The van der Waals surface area contributed by atoms with Gasteiger partial charge in [-0.1, -0.05) is 30.3 Å². The lowest BCUT2D eigenvalue weighted by molar-refractivity contribution is 0.0696. The standard InChI is InChI=1S/C22H16N2O4/c25-21-19-10-9-18(28-13-15-5-4-6-16(11-15)22(26)27)12-20(19)23-14-24(21)17-7-2-1-3-8-17/h1-12,14H,13H2,(H,26,27). The van der Waals surface area contributed by atoms with Crippen LogP contribution in [0.1, 0.15) is 15.9 Å². The fourth-order valence-corrected chi connectivity index (χ4v) is 2.92. The maximum atomic E-state index is 12.7. The molecule has 0 radical (unpaired) electrons. The molecule has 138 valence electrons. The SMILES string of the molecule is O=C(O)c1cccc(COc2ccc3c(=O)n(-c4ccccc4)cnc3c2)c1. The Kier molecular flexibility index (Phi) is 4.60. The average Bonchev–Trinajstić information content (AvgIpc) is 2.73. The minimum atomic E-state index is -0.980. The summed E-state index contributed by atoms with van der Waals surface area (Å²) in [6.45, 7) is 0.216. The number of fused-ring (bicyclic) bond motifs is 1. The summed E-state index contributed by atoms with van der Waals surface area (Å²) < 4.78 is 7.25. The predicted molar refractivity (Wildman–Crippen MR) is 105 cm³/mol. The average molecular weight is 372 g/mol. The molecule has 3 aromatic carbocycles. The Morgan fingerprint density at radius 1 is 1.00 bits per heavy atom. The van der Waals surface area contributed by atoms with Crippen LogP contribution in [0.3, 0.4) is 0 Å². The smallest absolute Gasteiger partial charge is 0.335 e. The van der Waals surface area contributed by atoms with Crippen molar-refractivity contribution < 1.29 is 14.6 Å². The Morgan fingerprint density at radius 3 is 2.61 bits per heavy atom. The Morgan fingerprint density at radius 2 is 1.82 bits per heavy atom. The van der Waals surface area contributed by atoms with Gasteiger partial charge in [0.2, 0.25) is 0 Å². The highest BCUT2D eigenvalue weighted by Gasteiger charge is 2.08. The van der Waals surface area contributed by atoms with E-state index < -0.39 is 5.97 Å². The van der Waals surface area contributed by atoms with Gasteiger partial charge in [0.1, 0.15) is 18.7 Å². The van der Waals surface area contributed by atoms with Gasteiger partial charge >= 0.3 is 5.97 Å². The van der Waals surface area contributed by atoms with Gasteiger partial charge in [-0.15, -0.1) is 0 Å². The number of nitrogens with zero attached hydrogens (tertiary/aromatic N) is 2.